The predicted octanol–water partition coefficient (Wildman–Crippen LogP) is 16.7. The smallest absolute Gasteiger partial charge is 0.306 e. The van der Waals surface area contributed by atoms with Crippen LogP contribution in [0.25, 0.3) is 0 Å². The Labute approximate surface area is 386 Å². The van der Waals surface area contributed by atoms with Gasteiger partial charge in [0.1, 0.15) is 6.10 Å². The molecule has 0 saturated heterocycles. The van der Waals surface area contributed by atoms with Crippen LogP contribution in [0.3, 0.4) is 0 Å². The first-order chi connectivity index (χ1) is 30.5. The molecule has 1 amide bonds. The number of rotatable bonds is 50. The molecule has 0 bridgehead atoms. The molecule has 0 saturated carbocycles. The zero-order valence-electron chi connectivity index (χ0n) is 41.8. The van der Waals surface area contributed by atoms with E-state index >= 15 is 0 Å². The van der Waals surface area contributed by atoms with E-state index in [2.05, 4.69) is 50.4 Å². The second kappa shape index (κ2) is 50.3. The molecule has 0 aromatic heterocycles. The fraction of sp³-hybridized carbons (Fsp3) is 0.893. The molecule has 366 valence electrons. The van der Waals surface area contributed by atoms with Crippen LogP contribution in [0.1, 0.15) is 297 Å². The summed E-state index contributed by atoms with van der Waals surface area (Å²) in [5, 5.41) is 23.8. The number of carbonyl (C=O) groups excluding carboxylic acids is 2. The first-order valence-electron chi connectivity index (χ1n) is 27.6. The minimum Gasteiger partial charge on any atom is -0.462 e. The van der Waals surface area contributed by atoms with Crippen molar-refractivity contribution in [3.63, 3.8) is 0 Å². The molecule has 0 spiro atoms. The minimum atomic E-state index is -0.791. The molecule has 62 heavy (non-hydrogen) atoms. The van der Waals surface area contributed by atoms with Crippen LogP contribution >= 0.6 is 0 Å². The highest BCUT2D eigenvalue weighted by atomic mass is 16.5. The van der Waals surface area contributed by atoms with Crippen molar-refractivity contribution in [3.05, 3.63) is 24.3 Å². The Morgan fingerprint density at radius 1 is 0.452 bits per heavy atom. The van der Waals surface area contributed by atoms with E-state index in [1.165, 1.54) is 199 Å². The van der Waals surface area contributed by atoms with Gasteiger partial charge in [0.25, 0.3) is 0 Å². The number of hydrogen-bond acceptors (Lipinski definition) is 5. The number of allylic oxidation sites excluding steroid dienone is 4. The zero-order chi connectivity index (χ0) is 45.2. The molecule has 6 heteroatoms. The van der Waals surface area contributed by atoms with Gasteiger partial charge in [-0.25, -0.2) is 0 Å². The maximum atomic E-state index is 13.2. The standard InChI is InChI=1S/C56H107NO5/c1-4-7-10-13-16-19-22-25-27-28-29-31-34-37-40-43-46-49-56(61)62-52(47-44-41-38-35-32-24-21-18-15-12-9-6-3)50-55(60)57-53(51-58)54(59)48-45-42-39-36-33-30-26-23-20-17-14-11-8-5-2/h25,27,35,38,52-54,58-59H,4-24,26,28-34,36-37,39-51H2,1-3H3,(H,57,60)/b27-25+,38-35-. The van der Waals surface area contributed by atoms with Gasteiger partial charge in [0.2, 0.25) is 5.91 Å². The van der Waals surface area contributed by atoms with Gasteiger partial charge in [0.15, 0.2) is 0 Å². The van der Waals surface area contributed by atoms with E-state index in [4.69, 9.17) is 4.74 Å². The molecule has 6 nitrogen and oxygen atoms in total. The van der Waals surface area contributed by atoms with Crippen molar-refractivity contribution in [2.45, 2.75) is 315 Å². The number of carbonyl (C=O) groups is 2. The second-order valence-electron chi connectivity index (χ2n) is 19.0. The molecule has 0 aromatic rings. The third-order valence-corrected chi connectivity index (χ3v) is 12.8. The number of unbranched alkanes of at least 4 members (excludes halogenated alkanes) is 34. The van der Waals surface area contributed by atoms with E-state index in [0.29, 0.717) is 19.3 Å². The molecule has 0 aromatic carbocycles. The third kappa shape index (κ3) is 44.9. The molecule has 3 atom stereocenters. The summed E-state index contributed by atoms with van der Waals surface area (Å²) in [6.45, 7) is 6.49. The molecule has 0 heterocycles. The van der Waals surface area contributed by atoms with E-state index in [1.807, 2.05) is 0 Å². The van der Waals surface area contributed by atoms with Crippen molar-refractivity contribution in [2.24, 2.45) is 0 Å². The summed E-state index contributed by atoms with van der Waals surface area (Å²) >= 11 is 0. The highest BCUT2D eigenvalue weighted by Gasteiger charge is 2.24. The van der Waals surface area contributed by atoms with Gasteiger partial charge in [-0.1, -0.05) is 238 Å². The van der Waals surface area contributed by atoms with Crippen LogP contribution < -0.4 is 5.32 Å². The van der Waals surface area contributed by atoms with Crippen LogP contribution in [0.2, 0.25) is 0 Å². The highest BCUT2D eigenvalue weighted by molar-refractivity contribution is 5.77. The van der Waals surface area contributed by atoms with E-state index in [1.54, 1.807) is 0 Å². The first kappa shape index (κ1) is 60.3. The largest absolute Gasteiger partial charge is 0.462 e. The Bertz CT molecular complexity index is 981. The van der Waals surface area contributed by atoms with Crippen LogP contribution in [0, 0.1) is 0 Å². The van der Waals surface area contributed by atoms with Gasteiger partial charge >= 0.3 is 5.97 Å². The van der Waals surface area contributed by atoms with Crippen LogP contribution in [0.4, 0.5) is 0 Å². The molecule has 0 radical (unpaired) electrons. The first-order valence-corrected chi connectivity index (χ1v) is 27.6. The van der Waals surface area contributed by atoms with Gasteiger partial charge in [-0.05, 0) is 70.6 Å². The number of aliphatic hydroxyl groups excluding tert-OH is 2. The number of esters is 1. The fourth-order valence-corrected chi connectivity index (χ4v) is 8.54. The van der Waals surface area contributed by atoms with Gasteiger partial charge in [-0.3, -0.25) is 9.59 Å². The Morgan fingerprint density at radius 2 is 0.790 bits per heavy atom. The van der Waals surface area contributed by atoms with E-state index in [9.17, 15) is 19.8 Å². The van der Waals surface area contributed by atoms with E-state index in [-0.39, 0.29) is 24.9 Å². The summed E-state index contributed by atoms with van der Waals surface area (Å²) in [7, 11) is 0. The SMILES string of the molecule is CCCCCCCC/C=C/CCCCCCCCCC(=O)OC(CCC/C=C\CCCCCCCCC)CC(=O)NC(CO)C(O)CCCCCCCCCCCCCCCC. The summed E-state index contributed by atoms with van der Waals surface area (Å²) < 4.78 is 5.93. The normalized spacial score (nSPS) is 13.3. The number of amides is 1. The number of ether oxygens (including phenoxy) is 1. The van der Waals surface area contributed by atoms with Crippen LogP contribution in [0.15, 0.2) is 24.3 Å². The lowest BCUT2D eigenvalue weighted by Crippen LogP contribution is -2.46. The lowest BCUT2D eigenvalue weighted by molar-refractivity contribution is -0.151. The number of aliphatic hydroxyl groups is 2. The van der Waals surface area contributed by atoms with Crippen molar-refractivity contribution in [1.29, 1.82) is 0 Å². The average molecular weight is 874 g/mol. The quantitative estimate of drug-likeness (QED) is 0.0321. The average Bonchev–Trinajstić information content (AvgIpc) is 3.26. The molecule has 0 aliphatic carbocycles. The molecule has 3 unspecified atom stereocenters. The van der Waals surface area contributed by atoms with Gasteiger partial charge in [0, 0.05) is 6.42 Å². The zero-order valence-corrected chi connectivity index (χ0v) is 41.8. The van der Waals surface area contributed by atoms with E-state index < -0.39 is 18.2 Å². The Balaban J connectivity index is 4.52. The minimum absolute atomic E-state index is 0.0593. The molecule has 0 aliphatic rings. The highest BCUT2D eigenvalue weighted by Crippen LogP contribution is 2.18. The summed E-state index contributed by atoms with van der Waals surface area (Å²) in [6, 6.07) is -0.707. The molecular formula is C56H107NO5. The maximum absolute atomic E-state index is 13.2. The summed E-state index contributed by atoms with van der Waals surface area (Å²) in [5.41, 5.74) is 0. The lowest BCUT2D eigenvalue weighted by atomic mass is 10.0. The Morgan fingerprint density at radius 3 is 1.18 bits per heavy atom. The van der Waals surface area contributed by atoms with Crippen molar-refractivity contribution in [3.8, 4) is 0 Å². The second-order valence-corrected chi connectivity index (χ2v) is 19.0. The molecule has 0 fully saturated rings. The van der Waals surface area contributed by atoms with Crippen LogP contribution in [0.5, 0.6) is 0 Å². The topological polar surface area (TPSA) is 95.9 Å². The Kier molecular flexibility index (Phi) is 49.0. The van der Waals surface area contributed by atoms with Gasteiger partial charge in [0.05, 0.1) is 25.2 Å². The van der Waals surface area contributed by atoms with Gasteiger partial charge in [-0.15, -0.1) is 0 Å². The Hall–Kier alpha value is -1.66. The molecule has 3 N–H and O–H groups in total. The van der Waals surface area contributed by atoms with Gasteiger partial charge in [-0.2, -0.15) is 0 Å². The molecular weight excluding hydrogens is 767 g/mol. The van der Waals surface area contributed by atoms with Gasteiger partial charge < -0.3 is 20.3 Å². The number of nitrogens with one attached hydrogen (secondary N) is 1. The summed E-state index contributed by atoms with van der Waals surface area (Å²) in [6.07, 6.45) is 58.1. The fourth-order valence-electron chi connectivity index (χ4n) is 8.54. The van der Waals surface area contributed by atoms with Crippen LogP contribution in [-0.4, -0.2) is 46.9 Å². The summed E-state index contributed by atoms with van der Waals surface area (Å²) in [4.78, 5) is 26.2. The monoisotopic (exact) mass is 874 g/mol. The molecule has 0 aliphatic heterocycles. The molecule has 0 rings (SSSR count). The van der Waals surface area contributed by atoms with Crippen molar-refractivity contribution in [2.75, 3.05) is 6.61 Å². The van der Waals surface area contributed by atoms with Crippen molar-refractivity contribution < 1.29 is 24.5 Å². The third-order valence-electron chi connectivity index (χ3n) is 12.8. The van der Waals surface area contributed by atoms with Crippen molar-refractivity contribution >= 4 is 11.9 Å². The lowest BCUT2D eigenvalue weighted by Gasteiger charge is -2.24. The number of hydrogen-bond donors (Lipinski definition) is 3. The van der Waals surface area contributed by atoms with Crippen molar-refractivity contribution in [1.82, 2.24) is 5.32 Å². The predicted molar refractivity (Wildman–Crippen MR) is 269 cm³/mol. The maximum Gasteiger partial charge on any atom is 0.306 e. The van der Waals surface area contributed by atoms with Crippen LogP contribution in [-0.2, 0) is 14.3 Å². The summed E-state index contributed by atoms with van der Waals surface area (Å²) in [5.74, 6) is -0.494. The van der Waals surface area contributed by atoms with E-state index in [0.717, 1.165) is 51.4 Å².